The molecule has 3 nitrogen and oxygen atoms in total. The second kappa shape index (κ2) is 6.09. The summed E-state index contributed by atoms with van der Waals surface area (Å²) >= 11 is 0. The molecule has 1 aromatic carbocycles. The number of rotatable bonds is 3. The highest BCUT2D eigenvalue weighted by atomic mass is 19.4. The SMILES string of the molecule is CC(=CC(F)(F)F)NC(=O)OCc1ccccc1. The van der Waals surface area contributed by atoms with E-state index in [1.807, 2.05) is 5.32 Å². The van der Waals surface area contributed by atoms with Gasteiger partial charge in [-0.25, -0.2) is 4.79 Å². The van der Waals surface area contributed by atoms with Crippen LogP contribution >= 0.6 is 0 Å². The van der Waals surface area contributed by atoms with Gasteiger partial charge in [-0.05, 0) is 12.5 Å². The van der Waals surface area contributed by atoms with Crippen LogP contribution in [-0.4, -0.2) is 12.3 Å². The van der Waals surface area contributed by atoms with Crippen molar-refractivity contribution in [2.75, 3.05) is 0 Å². The molecule has 0 heterocycles. The zero-order valence-electron chi connectivity index (χ0n) is 9.62. The van der Waals surface area contributed by atoms with Crippen LogP contribution in [-0.2, 0) is 11.3 Å². The quantitative estimate of drug-likeness (QED) is 0.903. The highest BCUT2D eigenvalue weighted by Gasteiger charge is 2.24. The molecule has 0 aliphatic rings. The maximum absolute atomic E-state index is 11.9. The van der Waals surface area contributed by atoms with Crippen LogP contribution in [0, 0.1) is 0 Å². The Morgan fingerprint density at radius 1 is 1.33 bits per heavy atom. The summed E-state index contributed by atoms with van der Waals surface area (Å²) in [5.41, 5.74) is 0.436. The zero-order valence-corrected chi connectivity index (χ0v) is 9.62. The molecule has 0 spiro atoms. The lowest BCUT2D eigenvalue weighted by molar-refractivity contribution is -0.0806. The Kier molecular flexibility index (Phi) is 4.76. The van der Waals surface area contributed by atoms with Crippen molar-refractivity contribution in [3.8, 4) is 0 Å². The molecule has 1 rings (SSSR count). The van der Waals surface area contributed by atoms with Gasteiger partial charge < -0.3 is 4.74 Å². The Labute approximate surface area is 102 Å². The van der Waals surface area contributed by atoms with E-state index in [0.717, 1.165) is 12.5 Å². The monoisotopic (exact) mass is 259 g/mol. The van der Waals surface area contributed by atoms with E-state index in [9.17, 15) is 18.0 Å². The summed E-state index contributed by atoms with van der Waals surface area (Å²) < 4.78 is 40.6. The van der Waals surface area contributed by atoms with Gasteiger partial charge in [-0.3, -0.25) is 5.32 Å². The molecule has 0 aliphatic carbocycles. The van der Waals surface area contributed by atoms with Crippen LogP contribution in [0.25, 0.3) is 0 Å². The van der Waals surface area contributed by atoms with Gasteiger partial charge in [0.05, 0.1) is 0 Å². The minimum absolute atomic E-state index is 0.00320. The maximum atomic E-state index is 11.9. The summed E-state index contributed by atoms with van der Waals surface area (Å²) in [6.07, 6.45) is -5.38. The minimum Gasteiger partial charge on any atom is -0.444 e. The Balaban J connectivity index is 2.41. The molecule has 0 aromatic heterocycles. The fraction of sp³-hybridized carbons (Fsp3) is 0.250. The third-order valence-electron chi connectivity index (χ3n) is 1.89. The van der Waals surface area contributed by atoms with Gasteiger partial charge in [0.2, 0.25) is 0 Å². The Hall–Kier alpha value is -1.98. The van der Waals surface area contributed by atoms with Crippen molar-refractivity contribution in [3.63, 3.8) is 0 Å². The van der Waals surface area contributed by atoms with Crippen LogP contribution in [0.5, 0.6) is 0 Å². The highest BCUT2D eigenvalue weighted by Crippen LogP contribution is 2.17. The highest BCUT2D eigenvalue weighted by molar-refractivity contribution is 5.69. The maximum Gasteiger partial charge on any atom is 0.411 e. The Bertz CT molecular complexity index is 427. The van der Waals surface area contributed by atoms with Crippen molar-refractivity contribution in [1.29, 1.82) is 0 Å². The number of halogens is 3. The molecule has 1 amide bonds. The fourth-order valence-corrected chi connectivity index (χ4v) is 1.20. The van der Waals surface area contributed by atoms with E-state index in [-0.39, 0.29) is 18.4 Å². The van der Waals surface area contributed by atoms with Gasteiger partial charge in [0.25, 0.3) is 0 Å². The number of nitrogens with one attached hydrogen (secondary N) is 1. The van der Waals surface area contributed by atoms with Crippen molar-refractivity contribution >= 4 is 6.09 Å². The Morgan fingerprint density at radius 2 is 1.94 bits per heavy atom. The number of hydrogen-bond donors (Lipinski definition) is 1. The van der Waals surface area contributed by atoms with Gasteiger partial charge in [-0.1, -0.05) is 30.3 Å². The van der Waals surface area contributed by atoms with Gasteiger partial charge in [-0.2, -0.15) is 13.2 Å². The average molecular weight is 259 g/mol. The normalized spacial score (nSPS) is 12.1. The predicted octanol–water partition coefficient (Wildman–Crippen LogP) is 3.38. The number of benzene rings is 1. The topological polar surface area (TPSA) is 38.3 Å². The van der Waals surface area contributed by atoms with Gasteiger partial charge in [0.15, 0.2) is 0 Å². The van der Waals surface area contributed by atoms with Crippen LogP contribution in [0.15, 0.2) is 42.1 Å². The molecule has 0 atom stereocenters. The van der Waals surface area contributed by atoms with Crippen LogP contribution in [0.1, 0.15) is 12.5 Å². The van der Waals surface area contributed by atoms with E-state index >= 15 is 0 Å². The smallest absolute Gasteiger partial charge is 0.411 e. The number of carbonyl (C=O) groups is 1. The van der Waals surface area contributed by atoms with Crippen LogP contribution in [0.2, 0.25) is 0 Å². The van der Waals surface area contributed by atoms with Crippen molar-refractivity contribution < 1.29 is 22.7 Å². The molecule has 0 saturated heterocycles. The molecule has 98 valence electrons. The predicted molar refractivity (Wildman–Crippen MR) is 59.6 cm³/mol. The number of allylic oxidation sites excluding steroid dienone is 2. The number of alkyl halides is 3. The Morgan fingerprint density at radius 3 is 2.50 bits per heavy atom. The second-order valence-corrected chi connectivity index (χ2v) is 3.56. The summed E-state index contributed by atoms with van der Waals surface area (Å²) in [5, 5.41) is 1.99. The number of carbonyl (C=O) groups excluding carboxylic acids is 1. The summed E-state index contributed by atoms with van der Waals surface area (Å²) in [6, 6.07) is 8.83. The molecule has 0 saturated carbocycles. The lowest BCUT2D eigenvalue weighted by Gasteiger charge is -2.08. The first-order valence-electron chi connectivity index (χ1n) is 5.11. The summed E-state index contributed by atoms with van der Waals surface area (Å²) in [5.74, 6) is 0. The molecule has 0 bridgehead atoms. The summed E-state index contributed by atoms with van der Waals surface area (Å²) in [7, 11) is 0. The van der Waals surface area contributed by atoms with Crippen LogP contribution in [0.4, 0.5) is 18.0 Å². The van der Waals surface area contributed by atoms with Gasteiger partial charge in [0, 0.05) is 11.8 Å². The van der Waals surface area contributed by atoms with Crippen molar-refractivity contribution in [2.45, 2.75) is 19.7 Å². The first kappa shape index (κ1) is 14.1. The lowest BCUT2D eigenvalue weighted by atomic mass is 10.2. The van der Waals surface area contributed by atoms with Crippen LogP contribution in [0.3, 0.4) is 0 Å². The second-order valence-electron chi connectivity index (χ2n) is 3.56. The van der Waals surface area contributed by atoms with Crippen molar-refractivity contribution in [3.05, 3.63) is 47.7 Å². The third kappa shape index (κ3) is 5.93. The molecule has 0 radical (unpaired) electrons. The fourth-order valence-electron chi connectivity index (χ4n) is 1.20. The summed E-state index contributed by atoms with van der Waals surface area (Å²) in [6.45, 7) is 1.14. The molecule has 18 heavy (non-hydrogen) atoms. The minimum atomic E-state index is -4.46. The molecule has 0 unspecified atom stereocenters. The largest absolute Gasteiger partial charge is 0.444 e. The van der Waals surface area contributed by atoms with Crippen molar-refractivity contribution in [1.82, 2.24) is 5.32 Å². The van der Waals surface area contributed by atoms with Crippen LogP contribution < -0.4 is 5.32 Å². The first-order chi connectivity index (χ1) is 8.37. The van der Waals surface area contributed by atoms with Gasteiger partial charge >= 0.3 is 12.3 Å². The third-order valence-corrected chi connectivity index (χ3v) is 1.89. The van der Waals surface area contributed by atoms with E-state index in [1.165, 1.54) is 0 Å². The molecule has 0 fully saturated rings. The van der Waals surface area contributed by atoms with E-state index < -0.39 is 12.3 Å². The number of alkyl carbamates (subject to hydrolysis) is 1. The standard InChI is InChI=1S/C12H12F3NO2/c1-9(7-12(13,14)15)16-11(17)18-8-10-5-3-2-4-6-10/h2-7H,8H2,1H3,(H,16,17). The van der Waals surface area contributed by atoms with E-state index in [1.54, 1.807) is 30.3 Å². The van der Waals surface area contributed by atoms with Gasteiger partial charge in [-0.15, -0.1) is 0 Å². The summed E-state index contributed by atoms with van der Waals surface area (Å²) in [4.78, 5) is 11.2. The molecule has 1 N–H and O–H groups in total. The zero-order chi connectivity index (χ0) is 13.6. The number of ether oxygens (including phenoxy) is 1. The van der Waals surface area contributed by atoms with Crippen molar-refractivity contribution in [2.24, 2.45) is 0 Å². The molecular weight excluding hydrogens is 247 g/mol. The van der Waals surface area contributed by atoms with E-state index in [0.29, 0.717) is 0 Å². The van der Waals surface area contributed by atoms with E-state index in [2.05, 4.69) is 0 Å². The number of amides is 1. The lowest BCUT2D eigenvalue weighted by Crippen LogP contribution is -2.23. The van der Waals surface area contributed by atoms with Gasteiger partial charge in [0.1, 0.15) is 6.61 Å². The average Bonchev–Trinajstić information content (AvgIpc) is 2.25. The molecular formula is C12H12F3NO2. The number of hydrogen-bond acceptors (Lipinski definition) is 2. The molecule has 6 heteroatoms. The molecule has 0 aliphatic heterocycles. The first-order valence-corrected chi connectivity index (χ1v) is 5.11. The van der Waals surface area contributed by atoms with E-state index in [4.69, 9.17) is 4.74 Å². The molecule has 1 aromatic rings.